The van der Waals surface area contributed by atoms with Crippen LogP contribution in [0.2, 0.25) is 0 Å². The van der Waals surface area contributed by atoms with Gasteiger partial charge in [0.25, 0.3) is 0 Å². The summed E-state index contributed by atoms with van der Waals surface area (Å²) >= 11 is 8.82. The zero-order valence-electron chi connectivity index (χ0n) is 38.7. The molecule has 0 unspecified atom stereocenters. The fourth-order valence-electron chi connectivity index (χ4n) is 7.29. The number of fused-ring (bicyclic) bond motifs is 3. The van der Waals surface area contributed by atoms with Crippen molar-refractivity contribution in [3.05, 3.63) is 181 Å². The second-order valence-electron chi connectivity index (χ2n) is 15.8. The molecule has 26 heteroatoms. The zero-order valence-corrected chi connectivity index (χ0v) is 47.7. The summed E-state index contributed by atoms with van der Waals surface area (Å²) in [5.74, 6) is -5.66. The van der Waals surface area contributed by atoms with Gasteiger partial charge in [0.1, 0.15) is 53.8 Å². The first-order valence-electron chi connectivity index (χ1n) is 21.9. The van der Waals surface area contributed by atoms with Crippen LogP contribution in [0.1, 0.15) is 64.5 Å². The van der Waals surface area contributed by atoms with E-state index in [9.17, 15) is 41.4 Å². The van der Waals surface area contributed by atoms with Crippen molar-refractivity contribution < 1.29 is 65.1 Å². The number of benzene rings is 6. The Morgan fingerprint density at radius 1 is 0.539 bits per heavy atom. The molecule has 76 heavy (non-hydrogen) atoms. The lowest BCUT2D eigenvalue weighted by molar-refractivity contribution is 0.0637. The fourth-order valence-corrected chi connectivity index (χ4v) is 10.4. The molecule has 9 rings (SSSR count). The lowest BCUT2D eigenvalue weighted by Crippen LogP contribution is -2.15. The van der Waals surface area contributed by atoms with Gasteiger partial charge in [-0.1, -0.05) is 38.2 Å². The maximum atomic E-state index is 15.1. The second-order valence-corrected chi connectivity index (χ2v) is 21.9. The molecule has 0 spiro atoms. The van der Waals surface area contributed by atoms with Gasteiger partial charge in [0.15, 0.2) is 29.0 Å². The Morgan fingerprint density at radius 2 is 0.895 bits per heavy atom. The van der Waals surface area contributed by atoms with Crippen molar-refractivity contribution in [3.63, 3.8) is 0 Å². The predicted molar refractivity (Wildman–Crippen MR) is 298 cm³/mol. The van der Waals surface area contributed by atoms with Crippen LogP contribution in [0.25, 0.3) is 30.6 Å². The Labute approximate surface area is 480 Å². The summed E-state index contributed by atoms with van der Waals surface area (Å²) < 4.78 is 117. The van der Waals surface area contributed by atoms with Crippen molar-refractivity contribution in [2.24, 2.45) is 0 Å². The number of aliphatic hydroxyl groups excluding tert-OH is 1. The first-order chi connectivity index (χ1) is 36.5. The first-order valence-corrected chi connectivity index (χ1v) is 27.5. The highest BCUT2D eigenvalue weighted by Crippen LogP contribution is 2.32. The van der Waals surface area contributed by atoms with Gasteiger partial charge < -0.3 is 24.4 Å². The molecule has 394 valence electrons. The average Bonchev–Trinajstić information content (AvgIpc) is 4.20. The molecule has 0 bridgehead atoms. The summed E-state index contributed by atoms with van der Waals surface area (Å²) in [6.45, 7) is 3.07. The summed E-state index contributed by atoms with van der Waals surface area (Å²) in [7, 11) is 0. The Hall–Kier alpha value is -5.22. The van der Waals surface area contributed by atoms with Gasteiger partial charge in [0.2, 0.25) is 0 Å². The SMILES string of the molecule is C=COCCOCC(=O)c1cc2snnc2c(F)c1Cc1ccc(I)cc1F.O=C(COCCO)c1cc2snnc2c(F)c1Cc1ccc(I)cc1F.O=C(O)c1cc2snnc2c(F)c1Cc1ccc(I)cc1F. The number of aromatic nitrogens is 6. The zero-order chi connectivity index (χ0) is 54.6. The minimum absolute atomic E-state index is 0.000334. The molecule has 0 aliphatic rings. The van der Waals surface area contributed by atoms with Crippen molar-refractivity contribution in [1.82, 2.24) is 28.8 Å². The van der Waals surface area contributed by atoms with Gasteiger partial charge in [0, 0.05) is 57.8 Å². The molecule has 0 aliphatic carbocycles. The maximum absolute atomic E-state index is 15.1. The van der Waals surface area contributed by atoms with Crippen LogP contribution in [0.4, 0.5) is 26.3 Å². The highest BCUT2D eigenvalue weighted by Gasteiger charge is 2.25. The molecular weight excluding hydrogens is 1400 g/mol. The van der Waals surface area contributed by atoms with Crippen molar-refractivity contribution in [2.75, 3.05) is 39.6 Å². The van der Waals surface area contributed by atoms with E-state index in [-0.39, 0.29) is 126 Å². The van der Waals surface area contributed by atoms with Gasteiger partial charge in [-0.3, -0.25) is 9.59 Å². The average molecular weight is 1440 g/mol. The van der Waals surface area contributed by atoms with E-state index in [1.54, 1.807) is 30.3 Å². The highest BCUT2D eigenvalue weighted by molar-refractivity contribution is 14.1. The molecule has 0 aliphatic heterocycles. The van der Waals surface area contributed by atoms with E-state index in [2.05, 4.69) is 35.3 Å². The van der Waals surface area contributed by atoms with Gasteiger partial charge in [0.05, 0.1) is 45.7 Å². The number of carboxylic acids is 1. The largest absolute Gasteiger partial charge is 0.499 e. The molecule has 3 aromatic heterocycles. The predicted octanol–water partition coefficient (Wildman–Crippen LogP) is 11.7. The van der Waals surface area contributed by atoms with Crippen LogP contribution in [0, 0.1) is 45.6 Å². The third kappa shape index (κ3) is 14.5. The van der Waals surface area contributed by atoms with Crippen LogP contribution in [-0.4, -0.2) is 96.2 Å². The smallest absolute Gasteiger partial charge is 0.336 e. The topological polar surface area (TPSA) is 197 Å². The molecule has 0 amide bonds. The number of Topliss-reactive ketones (excluding diaryl/α,β-unsaturated/α-hetero) is 2. The molecule has 0 atom stereocenters. The highest BCUT2D eigenvalue weighted by atomic mass is 127. The van der Waals surface area contributed by atoms with Crippen LogP contribution in [-0.2, 0) is 33.5 Å². The van der Waals surface area contributed by atoms with E-state index in [0.717, 1.165) is 41.7 Å². The minimum Gasteiger partial charge on any atom is -0.499 e. The summed E-state index contributed by atoms with van der Waals surface area (Å²) in [4.78, 5) is 36.5. The molecule has 0 radical (unpaired) electrons. The van der Waals surface area contributed by atoms with Crippen LogP contribution >= 0.6 is 102 Å². The molecule has 14 nitrogen and oxygen atoms in total. The standard InChI is InChI=1S/C19H15F2IN2O3S.C17H13F2IN2O3S.C14H7F2IN2O2S/c1-2-26-5-6-27-10-16(25)13-9-17-19(23-24-28-17)18(21)14(13)7-11-3-4-12(22)8-15(11)20;18-13-6-10(20)2-1-9(13)5-12-11(14(24)8-25-4-3-23)7-15-17(16(12)19)21-22-26-15;15-10-4-7(17)2-1-6(10)3-8-9(14(20)21)5-11-13(12(8)16)18-19-22-11/h2-4,8-9H,1,5-7,10H2;1-2,6-7,23H,3-5,8H2;1-2,4-5H,3H2,(H,20,21). The van der Waals surface area contributed by atoms with E-state index in [4.69, 9.17) is 19.3 Å². The van der Waals surface area contributed by atoms with Gasteiger partial charge >= 0.3 is 5.97 Å². The van der Waals surface area contributed by atoms with Crippen LogP contribution in [0.5, 0.6) is 0 Å². The number of halogens is 9. The lowest BCUT2D eigenvalue weighted by Gasteiger charge is -2.12. The van der Waals surface area contributed by atoms with Crippen LogP contribution in [0.15, 0.2) is 85.6 Å². The molecule has 3 heterocycles. The Balaban J connectivity index is 0.000000167. The number of aromatic carboxylic acids is 1. The van der Waals surface area contributed by atoms with Crippen molar-refractivity contribution in [1.29, 1.82) is 0 Å². The van der Waals surface area contributed by atoms with Crippen LogP contribution in [0.3, 0.4) is 0 Å². The number of carbonyl (C=O) groups excluding carboxylic acids is 2. The van der Waals surface area contributed by atoms with Gasteiger partial charge in [-0.05, 0) is 174 Å². The summed E-state index contributed by atoms with van der Waals surface area (Å²) in [6, 6.07) is 18.2. The molecule has 2 N–H and O–H groups in total. The molecule has 0 fully saturated rings. The third-order valence-corrected chi connectivity index (χ3v) is 14.9. The Kier molecular flexibility index (Phi) is 21.1. The number of aliphatic hydroxyl groups is 1. The van der Waals surface area contributed by atoms with E-state index >= 15 is 4.39 Å². The Bertz CT molecular complexity index is 3630. The third-order valence-electron chi connectivity index (χ3n) is 10.9. The van der Waals surface area contributed by atoms with Gasteiger partial charge in [-0.15, -0.1) is 15.3 Å². The molecule has 0 saturated heterocycles. The number of ketones is 2. The van der Waals surface area contributed by atoms with Crippen LogP contribution < -0.4 is 0 Å². The maximum Gasteiger partial charge on any atom is 0.336 e. The monoisotopic (exact) mass is 1440 g/mol. The van der Waals surface area contributed by atoms with Gasteiger partial charge in [-0.25, -0.2) is 31.1 Å². The quantitative estimate of drug-likeness (QED) is 0.0255. The second kappa shape index (κ2) is 27.4. The van der Waals surface area contributed by atoms with E-state index in [1.165, 1.54) is 48.7 Å². The summed E-state index contributed by atoms with van der Waals surface area (Å²) in [5.41, 5.74) is 1.02. The van der Waals surface area contributed by atoms with E-state index in [0.29, 0.717) is 17.7 Å². The number of hydrogen-bond acceptors (Lipinski definition) is 16. The number of rotatable bonds is 19. The molecule has 0 saturated carbocycles. The molecular formula is C50H35F6I3N6O8S3. The number of carboxylic acid groups (broad SMARTS) is 1. The van der Waals surface area contributed by atoms with Crippen molar-refractivity contribution >= 4 is 151 Å². The van der Waals surface area contributed by atoms with Gasteiger partial charge in [-0.2, -0.15) is 0 Å². The number of carbonyl (C=O) groups is 3. The first kappa shape index (κ1) is 58.5. The Morgan fingerprint density at radius 3 is 1.24 bits per heavy atom. The van der Waals surface area contributed by atoms with Crippen molar-refractivity contribution in [3.8, 4) is 0 Å². The number of nitrogens with zero attached hydrogens (tertiary/aromatic N) is 6. The molecule has 9 aromatic rings. The minimum atomic E-state index is -1.27. The van der Waals surface area contributed by atoms with E-state index < -0.39 is 52.4 Å². The number of ether oxygens (including phenoxy) is 3. The van der Waals surface area contributed by atoms with E-state index in [1.807, 2.05) is 67.8 Å². The summed E-state index contributed by atoms with van der Waals surface area (Å²) in [5, 5.41) is 29.2. The summed E-state index contributed by atoms with van der Waals surface area (Å²) in [6.07, 6.45) is 0.939. The van der Waals surface area contributed by atoms with Crippen molar-refractivity contribution in [2.45, 2.75) is 19.3 Å². The number of hydrogen-bond donors (Lipinski definition) is 2. The normalized spacial score (nSPS) is 11.1. The lowest BCUT2D eigenvalue weighted by atomic mass is 9.96. The fraction of sp³-hybridized carbons (Fsp3) is 0.180. The molecule has 6 aromatic carbocycles.